The Labute approximate surface area is 363 Å². The number of sulfonamides is 1. The largest absolute Gasteiger partial charge is 0.488 e. The molecule has 0 spiro atoms. The van der Waals surface area contributed by atoms with Gasteiger partial charge >= 0.3 is 5.97 Å². The van der Waals surface area contributed by atoms with Crippen LogP contribution >= 0.6 is 0 Å². The van der Waals surface area contributed by atoms with E-state index in [0.717, 1.165) is 45.0 Å². The molecule has 0 atom stereocenters. The average molecular weight is 851 g/mol. The number of carbonyl (C=O) groups is 3. The lowest BCUT2D eigenvalue weighted by Crippen LogP contribution is -2.41. The van der Waals surface area contributed by atoms with Crippen molar-refractivity contribution in [2.45, 2.75) is 50.3 Å². The van der Waals surface area contributed by atoms with Gasteiger partial charge in [-0.2, -0.15) is 4.31 Å². The number of hydrogen-bond acceptors (Lipinski definition) is 8. The second kappa shape index (κ2) is 19.7. The van der Waals surface area contributed by atoms with E-state index >= 15 is 0 Å². The number of likely N-dealkylation sites (tertiary alicyclic amines) is 1. The van der Waals surface area contributed by atoms with Gasteiger partial charge in [-0.3, -0.25) is 9.59 Å². The number of ether oxygens (including phenoxy) is 2. The third kappa shape index (κ3) is 10.8. The highest BCUT2D eigenvalue weighted by molar-refractivity contribution is 7.89. The molecule has 7 rings (SSSR count). The molecule has 0 radical (unpaired) electrons. The molecule has 1 fully saturated rings. The van der Waals surface area contributed by atoms with Crippen LogP contribution in [0.25, 0.3) is 0 Å². The SMILES string of the molecule is Cc1ccc(S(=O)(=O)N(C)CC(=O)N(Cc2ccc(C3CCN(C(=O)c4ccc(N)cc4)CC3)cc2)c2ccc(C(=O)OCc3ccccc3)c(OCc3ccccc3)c2)cc1. The number of esters is 1. The lowest BCUT2D eigenvalue weighted by Gasteiger charge is -2.32. The Morgan fingerprint density at radius 2 is 1.34 bits per heavy atom. The molecule has 0 unspecified atom stereocenters. The lowest BCUT2D eigenvalue weighted by atomic mass is 9.88. The van der Waals surface area contributed by atoms with Gasteiger partial charge in [-0.25, -0.2) is 13.2 Å². The molecule has 62 heavy (non-hydrogen) atoms. The van der Waals surface area contributed by atoms with Crippen molar-refractivity contribution in [1.29, 1.82) is 0 Å². The summed E-state index contributed by atoms with van der Waals surface area (Å²) in [6.45, 7) is 2.97. The predicted molar refractivity (Wildman–Crippen MR) is 240 cm³/mol. The molecule has 2 amide bonds. The summed E-state index contributed by atoms with van der Waals surface area (Å²) in [6, 6.07) is 45.2. The van der Waals surface area contributed by atoms with Crippen molar-refractivity contribution in [3.8, 4) is 5.75 Å². The number of likely N-dealkylation sites (N-methyl/N-ethyl adjacent to an activating group) is 1. The second-order valence-corrected chi connectivity index (χ2v) is 17.5. The van der Waals surface area contributed by atoms with Gasteiger partial charge < -0.3 is 25.0 Å². The smallest absolute Gasteiger partial charge is 0.342 e. The molecule has 1 heterocycles. The maximum absolute atomic E-state index is 14.4. The van der Waals surface area contributed by atoms with Gasteiger partial charge in [0, 0.05) is 43.1 Å². The van der Waals surface area contributed by atoms with E-state index in [1.54, 1.807) is 54.6 Å². The number of anilines is 2. The molecule has 0 bridgehead atoms. The normalized spacial score (nSPS) is 13.1. The van der Waals surface area contributed by atoms with Crippen LogP contribution in [0.3, 0.4) is 0 Å². The zero-order chi connectivity index (χ0) is 43.6. The third-order valence-electron chi connectivity index (χ3n) is 11.1. The number of nitrogen functional groups attached to an aromatic ring is 1. The van der Waals surface area contributed by atoms with Crippen LogP contribution in [0.15, 0.2) is 157 Å². The number of nitrogens with two attached hydrogens (primary N) is 1. The number of nitrogens with zero attached hydrogens (tertiary/aromatic N) is 3. The topological polar surface area (TPSA) is 140 Å². The highest BCUT2D eigenvalue weighted by Gasteiger charge is 2.28. The number of benzene rings is 6. The molecule has 6 aromatic carbocycles. The Morgan fingerprint density at radius 3 is 1.97 bits per heavy atom. The first kappa shape index (κ1) is 43.3. The monoisotopic (exact) mass is 850 g/mol. The second-order valence-electron chi connectivity index (χ2n) is 15.5. The van der Waals surface area contributed by atoms with Crippen molar-refractivity contribution in [2.75, 3.05) is 37.3 Å². The molecule has 318 valence electrons. The van der Waals surface area contributed by atoms with Crippen LogP contribution in [-0.4, -0.2) is 62.1 Å². The van der Waals surface area contributed by atoms with Gasteiger partial charge in [-0.15, -0.1) is 0 Å². The van der Waals surface area contributed by atoms with Crippen LogP contribution in [0.1, 0.15) is 67.3 Å². The van der Waals surface area contributed by atoms with Gasteiger partial charge in [0.1, 0.15) is 24.5 Å². The maximum Gasteiger partial charge on any atom is 0.342 e. The minimum atomic E-state index is -4.01. The fraction of sp³-hybridized carbons (Fsp3) is 0.220. The molecule has 12 heteroatoms. The third-order valence-corrected chi connectivity index (χ3v) is 12.9. The summed E-state index contributed by atoms with van der Waals surface area (Å²) in [7, 11) is -2.62. The fourth-order valence-corrected chi connectivity index (χ4v) is 8.50. The number of rotatable bonds is 15. The molecule has 0 aromatic heterocycles. The first-order valence-corrected chi connectivity index (χ1v) is 22.0. The first-order valence-electron chi connectivity index (χ1n) is 20.5. The van der Waals surface area contributed by atoms with E-state index in [9.17, 15) is 22.8 Å². The maximum atomic E-state index is 14.4. The Balaban J connectivity index is 1.14. The molecule has 1 aliphatic heterocycles. The quantitative estimate of drug-likeness (QED) is 0.0804. The van der Waals surface area contributed by atoms with Crippen molar-refractivity contribution in [2.24, 2.45) is 0 Å². The van der Waals surface area contributed by atoms with Crippen LogP contribution in [0.2, 0.25) is 0 Å². The average Bonchev–Trinajstić information content (AvgIpc) is 3.30. The highest BCUT2D eigenvalue weighted by atomic mass is 32.2. The summed E-state index contributed by atoms with van der Waals surface area (Å²) in [6.07, 6.45) is 1.61. The molecule has 2 N–H and O–H groups in total. The molecule has 1 saturated heterocycles. The van der Waals surface area contributed by atoms with Crippen molar-refractivity contribution in [3.05, 3.63) is 191 Å². The van der Waals surface area contributed by atoms with Gasteiger partial charge in [0.2, 0.25) is 15.9 Å². The summed E-state index contributed by atoms with van der Waals surface area (Å²) in [5, 5.41) is 0. The van der Waals surface area contributed by atoms with Gasteiger partial charge in [0.25, 0.3) is 5.91 Å². The molecule has 11 nitrogen and oxygen atoms in total. The van der Waals surface area contributed by atoms with Crippen molar-refractivity contribution in [1.82, 2.24) is 9.21 Å². The Bertz CT molecular complexity index is 2580. The molecular weight excluding hydrogens is 801 g/mol. The van der Waals surface area contributed by atoms with Crippen molar-refractivity contribution < 1.29 is 32.3 Å². The van der Waals surface area contributed by atoms with E-state index in [1.807, 2.05) is 96.8 Å². The Hall–Kier alpha value is -6.76. The number of piperidine rings is 1. The van der Waals surface area contributed by atoms with Gasteiger partial charge in [-0.1, -0.05) is 103 Å². The van der Waals surface area contributed by atoms with Crippen molar-refractivity contribution in [3.63, 3.8) is 0 Å². The summed E-state index contributed by atoms with van der Waals surface area (Å²) >= 11 is 0. The first-order chi connectivity index (χ1) is 29.9. The summed E-state index contributed by atoms with van der Waals surface area (Å²) in [5.74, 6) is -0.637. The molecule has 6 aromatic rings. The highest BCUT2D eigenvalue weighted by Crippen LogP contribution is 2.32. The number of amides is 2. The van der Waals surface area contributed by atoms with Crippen LogP contribution in [-0.2, 0) is 39.3 Å². The van der Waals surface area contributed by atoms with E-state index in [0.29, 0.717) is 30.0 Å². The fourth-order valence-electron chi connectivity index (χ4n) is 7.38. The lowest BCUT2D eigenvalue weighted by molar-refractivity contribution is -0.118. The summed E-state index contributed by atoms with van der Waals surface area (Å²) < 4.78 is 40.3. The van der Waals surface area contributed by atoms with Gasteiger partial charge in [0.05, 0.1) is 18.0 Å². The Morgan fingerprint density at radius 1 is 0.726 bits per heavy atom. The van der Waals surface area contributed by atoms with Crippen LogP contribution < -0.4 is 15.4 Å². The summed E-state index contributed by atoms with van der Waals surface area (Å²) in [4.78, 5) is 44.6. The van der Waals surface area contributed by atoms with Crippen LogP contribution in [0, 0.1) is 6.92 Å². The number of aryl methyl sites for hydroxylation is 1. The van der Waals surface area contributed by atoms with Gasteiger partial charge in [0.15, 0.2) is 0 Å². The van der Waals surface area contributed by atoms with Crippen LogP contribution in [0.4, 0.5) is 11.4 Å². The molecule has 1 aliphatic rings. The van der Waals surface area contributed by atoms with E-state index < -0.39 is 28.4 Å². The van der Waals surface area contributed by atoms with E-state index in [-0.39, 0.29) is 47.8 Å². The van der Waals surface area contributed by atoms with Crippen molar-refractivity contribution >= 4 is 39.2 Å². The van der Waals surface area contributed by atoms with E-state index in [1.165, 1.54) is 24.1 Å². The van der Waals surface area contributed by atoms with E-state index in [4.69, 9.17) is 15.2 Å². The zero-order valence-electron chi connectivity index (χ0n) is 34.9. The standard InChI is InChI=1S/C50H50N4O7S/c1-36-13-24-45(25-14-36)62(58,59)52(2)33-48(55)54(32-37-15-17-40(18-16-37)41-27-29-53(30-28-41)49(56)42-19-21-43(51)22-20-42)44-23-26-46(50(57)61-35-39-11-7-4-8-12-39)47(31-44)60-34-38-9-5-3-6-10-38/h3-26,31,41H,27-30,32-35,51H2,1-2H3. The number of carbonyl (C=O) groups excluding carboxylic acids is 3. The van der Waals surface area contributed by atoms with E-state index in [2.05, 4.69) is 0 Å². The summed E-state index contributed by atoms with van der Waals surface area (Å²) in [5.41, 5.74) is 12.2. The number of hydrogen-bond donors (Lipinski definition) is 1. The minimum absolute atomic E-state index is 0.00778. The van der Waals surface area contributed by atoms with Crippen LogP contribution in [0.5, 0.6) is 5.75 Å². The van der Waals surface area contributed by atoms with Gasteiger partial charge in [-0.05, 0) is 96.5 Å². The molecular formula is C50H50N4O7S. The predicted octanol–water partition coefficient (Wildman–Crippen LogP) is 8.39. The minimum Gasteiger partial charge on any atom is -0.488 e. The Kier molecular flexibility index (Phi) is 13.8. The molecule has 0 aliphatic carbocycles. The zero-order valence-corrected chi connectivity index (χ0v) is 35.7. The molecule has 0 saturated carbocycles.